The summed E-state index contributed by atoms with van der Waals surface area (Å²) in [4.78, 5) is 0. The molecular formula is C17H21N. The summed E-state index contributed by atoms with van der Waals surface area (Å²) in [7, 11) is 2.02. The molecule has 0 fully saturated rings. The second kappa shape index (κ2) is 6.36. The molecule has 0 radical (unpaired) electrons. The van der Waals surface area contributed by atoms with Crippen LogP contribution in [0.2, 0.25) is 0 Å². The van der Waals surface area contributed by atoms with Gasteiger partial charge in [0.15, 0.2) is 0 Å². The number of rotatable bonds is 5. The summed E-state index contributed by atoms with van der Waals surface area (Å²) >= 11 is 0. The van der Waals surface area contributed by atoms with E-state index in [1.165, 1.54) is 16.7 Å². The van der Waals surface area contributed by atoms with Gasteiger partial charge in [-0.25, -0.2) is 0 Å². The highest BCUT2D eigenvalue weighted by molar-refractivity contribution is 5.31. The molecule has 0 saturated heterocycles. The monoisotopic (exact) mass is 239 g/mol. The van der Waals surface area contributed by atoms with Gasteiger partial charge in [-0.3, -0.25) is 0 Å². The maximum Gasteiger partial charge on any atom is 0.00204 e. The van der Waals surface area contributed by atoms with Gasteiger partial charge in [0.25, 0.3) is 0 Å². The van der Waals surface area contributed by atoms with Crippen LogP contribution in [0.1, 0.15) is 22.6 Å². The van der Waals surface area contributed by atoms with Gasteiger partial charge in [-0.1, -0.05) is 54.6 Å². The molecule has 0 aliphatic heterocycles. The van der Waals surface area contributed by atoms with Crippen LogP contribution in [0.15, 0.2) is 54.6 Å². The van der Waals surface area contributed by atoms with Crippen LogP contribution in [0.4, 0.5) is 0 Å². The Bertz CT molecular complexity index is 476. The third-order valence-corrected chi connectivity index (χ3v) is 3.40. The van der Waals surface area contributed by atoms with Gasteiger partial charge in [0.2, 0.25) is 0 Å². The average Bonchev–Trinajstić information content (AvgIpc) is 2.40. The van der Waals surface area contributed by atoms with E-state index in [0.29, 0.717) is 5.92 Å². The van der Waals surface area contributed by atoms with Crippen molar-refractivity contribution in [3.05, 3.63) is 71.3 Å². The van der Waals surface area contributed by atoms with Crippen LogP contribution in [0.25, 0.3) is 0 Å². The lowest BCUT2D eigenvalue weighted by atomic mass is 9.89. The summed E-state index contributed by atoms with van der Waals surface area (Å²) in [6, 6.07) is 19.4. The summed E-state index contributed by atoms with van der Waals surface area (Å²) < 4.78 is 0. The maximum atomic E-state index is 3.31. The Labute approximate surface area is 110 Å². The van der Waals surface area contributed by atoms with Crippen LogP contribution < -0.4 is 5.32 Å². The molecule has 0 amide bonds. The first-order chi connectivity index (χ1) is 8.81. The number of hydrogen-bond acceptors (Lipinski definition) is 1. The minimum atomic E-state index is 0.540. The molecule has 0 spiro atoms. The average molecular weight is 239 g/mol. The molecule has 1 nitrogen and oxygen atoms in total. The van der Waals surface area contributed by atoms with Crippen LogP contribution >= 0.6 is 0 Å². The number of likely N-dealkylation sites (N-methyl/N-ethyl adjacent to an activating group) is 1. The smallest absolute Gasteiger partial charge is 0.00204 e. The van der Waals surface area contributed by atoms with E-state index in [2.05, 4.69) is 66.8 Å². The molecule has 0 aliphatic carbocycles. The Morgan fingerprint density at radius 1 is 0.944 bits per heavy atom. The zero-order valence-electron chi connectivity index (χ0n) is 11.2. The Kier molecular flexibility index (Phi) is 4.54. The third kappa shape index (κ3) is 3.21. The van der Waals surface area contributed by atoms with Crippen molar-refractivity contribution in [1.82, 2.24) is 5.32 Å². The lowest BCUT2D eigenvalue weighted by Crippen LogP contribution is -2.19. The molecular weight excluding hydrogens is 218 g/mol. The van der Waals surface area contributed by atoms with Gasteiger partial charge in [0.1, 0.15) is 0 Å². The van der Waals surface area contributed by atoms with Crippen LogP contribution in [-0.2, 0) is 6.42 Å². The predicted molar refractivity (Wildman–Crippen MR) is 78.0 cm³/mol. The number of nitrogens with one attached hydrogen (secondary N) is 1. The SMILES string of the molecule is CNCC(Cc1ccccc1)c1ccccc1C. The first-order valence-corrected chi connectivity index (χ1v) is 6.55. The Hall–Kier alpha value is -1.60. The van der Waals surface area contributed by atoms with Gasteiger partial charge in [0, 0.05) is 12.5 Å². The van der Waals surface area contributed by atoms with Crippen LogP contribution in [0, 0.1) is 6.92 Å². The summed E-state index contributed by atoms with van der Waals surface area (Å²) in [5, 5.41) is 3.31. The minimum absolute atomic E-state index is 0.540. The van der Waals surface area contributed by atoms with Gasteiger partial charge in [-0.15, -0.1) is 0 Å². The number of benzene rings is 2. The van der Waals surface area contributed by atoms with Crippen LogP contribution in [0.5, 0.6) is 0 Å². The zero-order chi connectivity index (χ0) is 12.8. The van der Waals surface area contributed by atoms with E-state index in [1.807, 2.05) is 7.05 Å². The van der Waals surface area contributed by atoms with Crippen molar-refractivity contribution in [3.63, 3.8) is 0 Å². The lowest BCUT2D eigenvalue weighted by molar-refractivity contribution is 0.623. The first-order valence-electron chi connectivity index (χ1n) is 6.55. The van der Waals surface area contributed by atoms with Gasteiger partial charge in [-0.2, -0.15) is 0 Å². The fraction of sp³-hybridized carbons (Fsp3) is 0.294. The second-order valence-corrected chi connectivity index (χ2v) is 4.80. The molecule has 1 N–H and O–H groups in total. The van der Waals surface area contributed by atoms with E-state index >= 15 is 0 Å². The van der Waals surface area contributed by atoms with Crippen molar-refractivity contribution >= 4 is 0 Å². The largest absolute Gasteiger partial charge is 0.319 e. The quantitative estimate of drug-likeness (QED) is 0.841. The molecule has 0 bridgehead atoms. The molecule has 2 aromatic rings. The van der Waals surface area contributed by atoms with E-state index in [9.17, 15) is 0 Å². The fourth-order valence-corrected chi connectivity index (χ4v) is 2.48. The van der Waals surface area contributed by atoms with Crippen molar-refractivity contribution in [2.45, 2.75) is 19.3 Å². The maximum absolute atomic E-state index is 3.31. The minimum Gasteiger partial charge on any atom is -0.319 e. The first kappa shape index (κ1) is 12.8. The number of aryl methyl sites for hydroxylation is 1. The Balaban J connectivity index is 2.21. The van der Waals surface area contributed by atoms with Crippen molar-refractivity contribution in [2.24, 2.45) is 0 Å². The Morgan fingerprint density at radius 3 is 2.28 bits per heavy atom. The normalized spacial score (nSPS) is 12.3. The highest BCUT2D eigenvalue weighted by atomic mass is 14.8. The van der Waals surface area contributed by atoms with E-state index in [4.69, 9.17) is 0 Å². The van der Waals surface area contributed by atoms with Crippen molar-refractivity contribution in [3.8, 4) is 0 Å². The summed E-state index contributed by atoms with van der Waals surface area (Å²) in [5.74, 6) is 0.540. The summed E-state index contributed by atoms with van der Waals surface area (Å²) in [6.45, 7) is 3.21. The molecule has 0 aromatic heterocycles. The predicted octanol–water partition coefficient (Wildman–Crippen LogP) is 3.54. The van der Waals surface area contributed by atoms with Crippen LogP contribution in [0.3, 0.4) is 0 Å². The van der Waals surface area contributed by atoms with Crippen molar-refractivity contribution in [1.29, 1.82) is 0 Å². The highest BCUT2D eigenvalue weighted by Gasteiger charge is 2.13. The van der Waals surface area contributed by atoms with Crippen LogP contribution in [-0.4, -0.2) is 13.6 Å². The van der Waals surface area contributed by atoms with Crippen molar-refractivity contribution < 1.29 is 0 Å². The van der Waals surface area contributed by atoms with Gasteiger partial charge in [-0.05, 0) is 37.1 Å². The van der Waals surface area contributed by atoms with Gasteiger partial charge >= 0.3 is 0 Å². The fourth-order valence-electron chi connectivity index (χ4n) is 2.48. The molecule has 94 valence electrons. The molecule has 1 heteroatoms. The Morgan fingerprint density at radius 2 is 1.61 bits per heavy atom. The molecule has 0 saturated carbocycles. The molecule has 0 aliphatic rings. The topological polar surface area (TPSA) is 12.0 Å². The lowest BCUT2D eigenvalue weighted by Gasteiger charge is -2.19. The summed E-state index contributed by atoms with van der Waals surface area (Å²) in [5.41, 5.74) is 4.24. The van der Waals surface area contributed by atoms with E-state index in [-0.39, 0.29) is 0 Å². The molecule has 1 unspecified atom stereocenters. The zero-order valence-corrected chi connectivity index (χ0v) is 11.2. The number of hydrogen-bond donors (Lipinski definition) is 1. The van der Waals surface area contributed by atoms with E-state index < -0.39 is 0 Å². The second-order valence-electron chi connectivity index (χ2n) is 4.80. The highest BCUT2D eigenvalue weighted by Crippen LogP contribution is 2.23. The van der Waals surface area contributed by atoms with Gasteiger partial charge < -0.3 is 5.32 Å². The van der Waals surface area contributed by atoms with Crippen molar-refractivity contribution in [2.75, 3.05) is 13.6 Å². The molecule has 0 heterocycles. The van der Waals surface area contributed by atoms with E-state index in [0.717, 1.165) is 13.0 Å². The third-order valence-electron chi connectivity index (χ3n) is 3.40. The molecule has 2 aromatic carbocycles. The van der Waals surface area contributed by atoms with E-state index in [1.54, 1.807) is 0 Å². The van der Waals surface area contributed by atoms with Gasteiger partial charge in [0.05, 0.1) is 0 Å². The molecule has 2 rings (SSSR count). The molecule has 18 heavy (non-hydrogen) atoms. The molecule has 1 atom stereocenters. The standard InChI is InChI=1S/C17H21N/c1-14-8-6-7-11-17(14)16(13-18-2)12-15-9-4-3-5-10-15/h3-11,16,18H,12-13H2,1-2H3. The summed E-state index contributed by atoms with van der Waals surface area (Å²) in [6.07, 6.45) is 1.09.